The van der Waals surface area contributed by atoms with Crippen molar-refractivity contribution in [2.75, 3.05) is 30.9 Å². The summed E-state index contributed by atoms with van der Waals surface area (Å²) in [6.45, 7) is 0.525. The Bertz CT molecular complexity index is 828. The van der Waals surface area contributed by atoms with Crippen molar-refractivity contribution in [3.05, 3.63) is 47.7 Å². The summed E-state index contributed by atoms with van der Waals surface area (Å²) in [5, 5.41) is 6.21. The first kappa shape index (κ1) is 22.8. The molecule has 1 heterocycles. The van der Waals surface area contributed by atoms with Crippen LogP contribution in [0.5, 0.6) is 0 Å². The minimum atomic E-state index is -1.01. The van der Waals surface area contributed by atoms with Gasteiger partial charge in [-0.05, 0) is 55.9 Å². The number of nitrogens with one attached hydrogen (secondary N) is 2. The molecule has 0 saturated heterocycles. The molecule has 2 aromatic rings. The summed E-state index contributed by atoms with van der Waals surface area (Å²) < 4.78 is 26.2. The molecule has 1 aliphatic rings. The smallest absolute Gasteiger partial charge is 0.251 e. The van der Waals surface area contributed by atoms with Crippen LogP contribution in [0.25, 0.3) is 0 Å². The number of amides is 1. The van der Waals surface area contributed by atoms with E-state index in [2.05, 4.69) is 20.6 Å². The second-order valence-corrected chi connectivity index (χ2v) is 7.33. The maximum Gasteiger partial charge on any atom is 0.251 e. The normalized spacial score (nSPS) is 18.5. The van der Waals surface area contributed by atoms with Crippen LogP contribution >= 0.6 is 12.4 Å². The van der Waals surface area contributed by atoms with Crippen molar-refractivity contribution in [1.82, 2.24) is 15.3 Å². The number of hydrogen-bond acceptors (Lipinski definition) is 5. The SMILES string of the molecule is CN(C)c1ccnc(NC2CCC(CNC(=O)c3ccc(F)c(F)c3)CC2)n1.Cl. The molecule has 2 N–H and O–H groups in total. The molecule has 0 atom stereocenters. The van der Waals surface area contributed by atoms with Gasteiger partial charge in [0.25, 0.3) is 5.91 Å². The standard InChI is InChI=1S/C20H25F2N5O.ClH/c1-27(2)18-9-10-23-20(26-18)25-15-6-3-13(4-7-15)12-24-19(28)14-5-8-16(21)17(22)11-14;/h5,8-11,13,15H,3-4,6-7,12H2,1-2H3,(H,24,28)(H,23,25,26);1H. The molecule has 1 aromatic heterocycles. The van der Waals surface area contributed by atoms with Gasteiger partial charge in [0.05, 0.1) is 0 Å². The number of benzene rings is 1. The molecule has 0 unspecified atom stereocenters. The molecule has 1 aromatic carbocycles. The molecule has 3 rings (SSSR count). The lowest BCUT2D eigenvalue weighted by molar-refractivity contribution is 0.0942. The highest BCUT2D eigenvalue weighted by Gasteiger charge is 2.22. The van der Waals surface area contributed by atoms with Crippen LogP contribution in [0.2, 0.25) is 0 Å². The highest BCUT2D eigenvalue weighted by Crippen LogP contribution is 2.26. The molecule has 1 saturated carbocycles. The van der Waals surface area contributed by atoms with Crippen molar-refractivity contribution in [2.45, 2.75) is 31.7 Å². The molecule has 9 heteroatoms. The summed E-state index contributed by atoms with van der Waals surface area (Å²) >= 11 is 0. The zero-order chi connectivity index (χ0) is 20.1. The highest BCUT2D eigenvalue weighted by atomic mass is 35.5. The van der Waals surface area contributed by atoms with Crippen molar-refractivity contribution in [3.63, 3.8) is 0 Å². The van der Waals surface area contributed by atoms with Crippen LogP contribution < -0.4 is 15.5 Å². The third kappa shape index (κ3) is 6.25. The van der Waals surface area contributed by atoms with Gasteiger partial charge in [-0.1, -0.05) is 0 Å². The first-order valence-corrected chi connectivity index (χ1v) is 9.42. The molecule has 0 aliphatic heterocycles. The molecule has 158 valence electrons. The average molecular weight is 426 g/mol. The largest absolute Gasteiger partial charge is 0.363 e. The lowest BCUT2D eigenvalue weighted by Crippen LogP contribution is -2.34. The maximum absolute atomic E-state index is 13.3. The van der Waals surface area contributed by atoms with Crippen molar-refractivity contribution >= 4 is 30.1 Å². The van der Waals surface area contributed by atoms with Gasteiger partial charge < -0.3 is 15.5 Å². The number of aromatic nitrogens is 2. The van der Waals surface area contributed by atoms with Crippen LogP contribution in [-0.2, 0) is 0 Å². The number of halogens is 3. The lowest BCUT2D eigenvalue weighted by atomic mass is 9.86. The van der Waals surface area contributed by atoms with Gasteiger partial charge in [-0.2, -0.15) is 4.98 Å². The van der Waals surface area contributed by atoms with Gasteiger partial charge >= 0.3 is 0 Å². The van der Waals surface area contributed by atoms with E-state index in [9.17, 15) is 13.6 Å². The predicted octanol–water partition coefficient (Wildman–Crippen LogP) is 3.64. The summed E-state index contributed by atoms with van der Waals surface area (Å²) in [5.74, 6) is -0.510. The summed E-state index contributed by atoms with van der Waals surface area (Å²) in [5.41, 5.74) is 0.132. The number of carbonyl (C=O) groups is 1. The lowest BCUT2D eigenvalue weighted by Gasteiger charge is -2.29. The van der Waals surface area contributed by atoms with E-state index in [-0.39, 0.29) is 23.9 Å². The van der Waals surface area contributed by atoms with Crippen molar-refractivity contribution in [2.24, 2.45) is 5.92 Å². The molecule has 0 bridgehead atoms. The van der Waals surface area contributed by atoms with Crippen LogP contribution in [0.4, 0.5) is 20.5 Å². The quantitative estimate of drug-likeness (QED) is 0.739. The highest BCUT2D eigenvalue weighted by molar-refractivity contribution is 5.94. The van der Waals surface area contributed by atoms with E-state index in [1.54, 1.807) is 6.20 Å². The number of anilines is 2. The number of hydrogen-bond donors (Lipinski definition) is 2. The average Bonchev–Trinajstić information content (AvgIpc) is 2.69. The summed E-state index contributed by atoms with van der Waals surface area (Å²) in [7, 11) is 3.87. The fraction of sp³-hybridized carbons (Fsp3) is 0.450. The van der Waals surface area contributed by atoms with Gasteiger partial charge in [0.1, 0.15) is 5.82 Å². The molecule has 6 nitrogen and oxygen atoms in total. The Labute approximate surface area is 175 Å². The minimum Gasteiger partial charge on any atom is -0.363 e. The summed E-state index contributed by atoms with van der Waals surface area (Å²) in [6, 6.07) is 5.34. The van der Waals surface area contributed by atoms with Crippen LogP contribution in [0.15, 0.2) is 30.5 Å². The molecule has 1 amide bonds. The van der Waals surface area contributed by atoms with E-state index in [0.717, 1.165) is 43.6 Å². The van der Waals surface area contributed by atoms with Crippen molar-refractivity contribution < 1.29 is 13.6 Å². The fourth-order valence-electron chi connectivity index (χ4n) is 3.34. The maximum atomic E-state index is 13.3. The summed E-state index contributed by atoms with van der Waals surface area (Å²) in [4.78, 5) is 22.8. The third-order valence-corrected chi connectivity index (χ3v) is 5.01. The van der Waals surface area contributed by atoms with Gasteiger partial charge in [0, 0.05) is 38.4 Å². The first-order valence-electron chi connectivity index (χ1n) is 9.42. The Balaban J connectivity index is 0.00000300. The van der Waals surface area contributed by atoms with Gasteiger partial charge in [-0.25, -0.2) is 13.8 Å². The molecular weight excluding hydrogens is 400 g/mol. The first-order chi connectivity index (χ1) is 13.4. The van der Waals surface area contributed by atoms with Crippen LogP contribution in [0.3, 0.4) is 0 Å². The van der Waals surface area contributed by atoms with Gasteiger partial charge in [0.2, 0.25) is 5.95 Å². The van der Waals surface area contributed by atoms with Crippen LogP contribution in [0.1, 0.15) is 36.0 Å². The van der Waals surface area contributed by atoms with E-state index >= 15 is 0 Å². The van der Waals surface area contributed by atoms with Crippen molar-refractivity contribution in [1.29, 1.82) is 0 Å². The van der Waals surface area contributed by atoms with Crippen LogP contribution in [0, 0.1) is 17.6 Å². The Morgan fingerprint density at radius 3 is 2.52 bits per heavy atom. The number of nitrogens with zero attached hydrogens (tertiary/aromatic N) is 3. The van der Waals surface area contributed by atoms with Gasteiger partial charge in [0.15, 0.2) is 11.6 Å². The molecule has 29 heavy (non-hydrogen) atoms. The number of carbonyl (C=O) groups excluding carboxylic acids is 1. The minimum absolute atomic E-state index is 0. The fourth-order valence-corrected chi connectivity index (χ4v) is 3.34. The zero-order valence-corrected chi connectivity index (χ0v) is 17.3. The van der Waals surface area contributed by atoms with Gasteiger partial charge in [-0.15, -0.1) is 12.4 Å². The van der Waals surface area contributed by atoms with E-state index < -0.39 is 11.6 Å². The van der Waals surface area contributed by atoms with E-state index in [0.29, 0.717) is 24.5 Å². The van der Waals surface area contributed by atoms with Crippen LogP contribution in [-0.4, -0.2) is 42.6 Å². The molecule has 1 aliphatic carbocycles. The Morgan fingerprint density at radius 2 is 1.86 bits per heavy atom. The number of rotatable bonds is 6. The Hall–Kier alpha value is -2.48. The van der Waals surface area contributed by atoms with Gasteiger partial charge in [-0.3, -0.25) is 4.79 Å². The molecule has 0 spiro atoms. The monoisotopic (exact) mass is 425 g/mol. The molecule has 0 radical (unpaired) electrons. The van der Waals surface area contributed by atoms with E-state index in [4.69, 9.17) is 0 Å². The van der Waals surface area contributed by atoms with E-state index in [1.807, 2.05) is 25.1 Å². The zero-order valence-electron chi connectivity index (χ0n) is 16.5. The Morgan fingerprint density at radius 1 is 1.14 bits per heavy atom. The topological polar surface area (TPSA) is 70.2 Å². The molecule has 1 fully saturated rings. The third-order valence-electron chi connectivity index (χ3n) is 5.01. The second kappa shape index (κ2) is 10.3. The predicted molar refractivity (Wildman–Crippen MR) is 112 cm³/mol. The molecular formula is C20H26ClF2N5O. The Kier molecular flexibility index (Phi) is 8.13. The summed E-state index contributed by atoms with van der Waals surface area (Å²) in [6.07, 6.45) is 5.58. The van der Waals surface area contributed by atoms with E-state index in [1.165, 1.54) is 6.07 Å². The second-order valence-electron chi connectivity index (χ2n) is 7.33. The van der Waals surface area contributed by atoms with Crippen molar-refractivity contribution in [3.8, 4) is 0 Å².